The van der Waals surface area contributed by atoms with Gasteiger partial charge >= 0.3 is 0 Å². The molecule has 1 saturated heterocycles. The van der Waals surface area contributed by atoms with Crippen LogP contribution in [0.5, 0.6) is 5.75 Å². The molecule has 4 heteroatoms. The highest BCUT2D eigenvalue weighted by molar-refractivity contribution is 5.78. The van der Waals surface area contributed by atoms with E-state index in [4.69, 9.17) is 4.74 Å². The van der Waals surface area contributed by atoms with Gasteiger partial charge in [-0.25, -0.2) is 0 Å². The minimum Gasteiger partial charge on any atom is -0.497 e. The van der Waals surface area contributed by atoms with Crippen molar-refractivity contribution in [1.29, 1.82) is 0 Å². The summed E-state index contributed by atoms with van der Waals surface area (Å²) in [6.07, 6.45) is 2.86. The summed E-state index contributed by atoms with van der Waals surface area (Å²) in [6, 6.07) is 8.59. The Morgan fingerprint density at radius 1 is 1.41 bits per heavy atom. The fraction of sp³-hybridized carbons (Fsp3) is 0.611. The first-order valence-electron chi connectivity index (χ1n) is 8.22. The van der Waals surface area contributed by atoms with E-state index in [0.29, 0.717) is 12.0 Å². The predicted molar refractivity (Wildman–Crippen MR) is 89.1 cm³/mol. The first-order valence-corrected chi connectivity index (χ1v) is 8.22. The Kier molecular flexibility index (Phi) is 6.25. The average molecular weight is 304 g/mol. The summed E-state index contributed by atoms with van der Waals surface area (Å²) >= 11 is 0. The molecule has 0 radical (unpaired) electrons. The molecule has 1 aromatic rings. The van der Waals surface area contributed by atoms with Crippen LogP contribution in [0, 0.1) is 11.8 Å². The van der Waals surface area contributed by atoms with Crippen molar-refractivity contribution >= 4 is 5.91 Å². The van der Waals surface area contributed by atoms with Crippen LogP contribution in [0.4, 0.5) is 0 Å². The van der Waals surface area contributed by atoms with Crippen LogP contribution >= 0.6 is 0 Å². The molecule has 2 N–H and O–H groups in total. The zero-order valence-corrected chi connectivity index (χ0v) is 13.9. The van der Waals surface area contributed by atoms with E-state index in [1.54, 1.807) is 7.11 Å². The van der Waals surface area contributed by atoms with Crippen LogP contribution in [0.2, 0.25) is 0 Å². The molecule has 1 aliphatic heterocycles. The second-order valence-corrected chi connectivity index (χ2v) is 6.48. The number of piperidine rings is 1. The highest BCUT2D eigenvalue weighted by Gasteiger charge is 2.24. The molecule has 0 saturated carbocycles. The highest BCUT2D eigenvalue weighted by atomic mass is 16.5. The summed E-state index contributed by atoms with van der Waals surface area (Å²) in [6.45, 7) is 6.01. The highest BCUT2D eigenvalue weighted by Crippen LogP contribution is 2.17. The summed E-state index contributed by atoms with van der Waals surface area (Å²) in [5.74, 6) is 1.69. The molecule has 0 aromatic heterocycles. The van der Waals surface area contributed by atoms with E-state index in [1.165, 1.54) is 5.56 Å². The molecule has 2 rings (SSSR count). The second kappa shape index (κ2) is 8.18. The van der Waals surface area contributed by atoms with Crippen molar-refractivity contribution in [2.75, 3.05) is 20.2 Å². The zero-order chi connectivity index (χ0) is 15.9. The number of benzene rings is 1. The molecule has 1 fully saturated rings. The minimum atomic E-state index is 0.171. The van der Waals surface area contributed by atoms with E-state index >= 15 is 0 Å². The van der Waals surface area contributed by atoms with Gasteiger partial charge in [0, 0.05) is 18.5 Å². The smallest absolute Gasteiger partial charge is 0.223 e. The number of methoxy groups -OCH3 is 1. The number of rotatable bonds is 6. The fourth-order valence-electron chi connectivity index (χ4n) is 3.03. The lowest BCUT2D eigenvalue weighted by Gasteiger charge is -2.27. The molecule has 22 heavy (non-hydrogen) atoms. The molecule has 1 heterocycles. The molecular formula is C18H28N2O2. The second-order valence-electron chi connectivity index (χ2n) is 6.48. The topological polar surface area (TPSA) is 50.4 Å². The monoisotopic (exact) mass is 304 g/mol. The van der Waals surface area contributed by atoms with Crippen molar-refractivity contribution in [2.24, 2.45) is 11.8 Å². The summed E-state index contributed by atoms with van der Waals surface area (Å²) in [5, 5.41) is 6.51. The average Bonchev–Trinajstić information content (AvgIpc) is 2.53. The molecule has 1 amide bonds. The molecule has 0 bridgehead atoms. The number of carbonyl (C=O) groups is 1. The van der Waals surface area contributed by atoms with Crippen LogP contribution < -0.4 is 15.4 Å². The third kappa shape index (κ3) is 5.02. The number of carbonyl (C=O) groups excluding carboxylic acids is 1. The van der Waals surface area contributed by atoms with Crippen molar-refractivity contribution < 1.29 is 9.53 Å². The SMILES string of the molecule is COc1ccc(CC(C)CNC(=O)[C@H]2CCN[C@@H](C)C2)cc1. The summed E-state index contributed by atoms with van der Waals surface area (Å²) in [4.78, 5) is 12.2. The van der Waals surface area contributed by atoms with Crippen molar-refractivity contribution in [3.8, 4) is 5.75 Å². The van der Waals surface area contributed by atoms with Gasteiger partial charge in [0.15, 0.2) is 0 Å². The lowest BCUT2D eigenvalue weighted by atomic mass is 9.92. The van der Waals surface area contributed by atoms with Gasteiger partial charge in [-0.3, -0.25) is 4.79 Å². The van der Waals surface area contributed by atoms with Crippen LogP contribution in [-0.4, -0.2) is 32.1 Å². The van der Waals surface area contributed by atoms with Gasteiger partial charge in [0.2, 0.25) is 5.91 Å². The van der Waals surface area contributed by atoms with Crippen molar-refractivity contribution in [1.82, 2.24) is 10.6 Å². The molecule has 3 atom stereocenters. The van der Waals surface area contributed by atoms with E-state index in [0.717, 1.165) is 38.1 Å². The minimum absolute atomic E-state index is 0.171. The van der Waals surface area contributed by atoms with Crippen LogP contribution in [0.25, 0.3) is 0 Å². The third-order valence-electron chi connectivity index (χ3n) is 4.36. The van der Waals surface area contributed by atoms with E-state index < -0.39 is 0 Å². The van der Waals surface area contributed by atoms with Gasteiger partial charge in [-0.2, -0.15) is 0 Å². The van der Waals surface area contributed by atoms with Crippen LogP contribution in [0.1, 0.15) is 32.3 Å². The van der Waals surface area contributed by atoms with Gasteiger partial charge in [0.1, 0.15) is 5.75 Å². The van der Waals surface area contributed by atoms with E-state index in [1.807, 2.05) is 12.1 Å². The Morgan fingerprint density at radius 2 is 2.14 bits per heavy atom. The van der Waals surface area contributed by atoms with Crippen LogP contribution in [0.15, 0.2) is 24.3 Å². The number of amides is 1. The quantitative estimate of drug-likeness (QED) is 0.848. The molecule has 4 nitrogen and oxygen atoms in total. The lowest BCUT2D eigenvalue weighted by Crippen LogP contribution is -2.43. The van der Waals surface area contributed by atoms with Crippen molar-refractivity contribution in [3.05, 3.63) is 29.8 Å². The van der Waals surface area contributed by atoms with Crippen LogP contribution in [-0.2, 0) is 11.2 Å². The lowest BCUT2D eigenvalue weighted by molar-refractivity contribution is -0.126. The zero-order valence-electron chi connectivity index (χ0n) is 13.9. The maximum atomic E-state index is 12.2. The first kappa shape index (κ1) is 16.8. The fourth-order valence-corrected chi connectivity index (χ4v) is 3.03. The molecule has 1 aromatic carbocycles. The number of hydrogen-bond donors (Lipinski definition) is 2. The van der Waals surface area contributed by atoms with Crippen LogP contribution in [0.3, 0.4) is 0 Å². The summed E-state index contributed by atoms with van der Waals surface area (Å²) in [5.41, 5.74) is 1.28. The number of ether oxygens (including phenoxy) is 1. The largest absolute Gasteiger partial charge is 0.497 e. The molecule has 0 spiro atoms. The van der Waals surface area contributed by atoms with E-state index in [2.05, 4.69) is 36.6 Å². The Labute approximate surface area is 133 Å². The van der Waals surface area contributed by atoms with Crippen molar-refractivity contribution in [2.45, 2.75) is 39.2 Å². The number of hydrogen-bond acceptors (Lipinski definition) is 3. The van der Waals surface area contributed by atoms with Gasteiger partial charge in [0.05, 0.1) is 7.11 Å². The maximum absolute atomic E-state index is 12.2. The predicted octanol–water partition coefficient (Wildman–Crippen LogP) is 2.38. The molecule has 0 aliphatic carbocycles. The number of nitrogens with one attached hydrogen (secondary N) is 2. The Balaban J connectivity index is 1.74. The molecule has 1 unspecified atom stereocenters. The molecule has 1 aliphatic rings. The Hall–Kier alpha value is -1.55. The molecule has 122 valence electrons. The van der Waals surface area contributed by atoms with Gasteiger partial charge in [-0.05, 0) is 56.3 Å². The summed E-state index contributed by atoms with van der Waals surface area (Å²) in [7, 11) is 1.68. The van der Waals surface area contributed by atoms with Gasteiger partial charge < -0.3 is 15.4 Å². The van der Waals surface area contributed by atoms with E-state index in [9.17, 15) is 4.79 Å². The Morgan fingerprint density at radius 3 is 2.77 bits per heavy atom. The van der Waals surface area contributed by atoms with Gasteiger partial charge in [-0.1, -0.05) is 19.1 Å². The standard InChI is InChI=1S/C18H28N2O2/c1-13(10-15-4-6-17(22-3)7-5-15)12-20-18(21)16-8-9-19-14(2)11-16/h4-7,13-14,16,19H,8-12H2,1-3H3,(H,20,21)/t13?,14-,16-/m0/s1. The first-order chi connectivity index (χ1) is 10.6. The van der Waals surface area contributed by atoms with Gasteiger partial charge in [-0.15, -0.1) is 0 Å². The van der Waals surface area contributed by atoms with Gasteiger partial charge in [0.25, 0.3) is 0 Å². The van der Waals surface area contributed by atoms with Crippen molar-refractivity contribution in [3.63, 3.8) is 0 Å². The Bertz CT molecular complexity index is 472. The molecular weight excluding hydrogens is 276 g/mol. The maximum Gasteiger partial charge on any atom is 0.223 e. The summed E-state index contributed by atoms with van der Waals surface area (Å²) < 4.78 is 5.17. The normalized spacial score (nSPS) is 22.9. The third-order valence-corrected chi connectivity index (χ3v) is 4.36. The van der Waals surface area contributed by atoms with E-state index in [-0.39, 0.29) is 11.8 Å².